The van der Waals surface area contributed by atoms with Crippen LogP contribution in [0.15, 0.2) is 6.20 Å². The molecule has 0 saturated heterocycles. The molecule has 0 spiro atoms. The van der Waals surface area contributed by atoms with Gasteiger partial charge in [0.05, 0.1) is 12.5 Å². The second-order valence-electron chi connectivity index (χ2n) is 4.15. The van der Waals surface area contributed by atoms with Crippen LogP contribution in [-0.2, 0) is 12.5 Å². The van der Waals surface area contributed by atoms with Gasteiger partial charge in [-0.3, -0.25) is 0 Å². The van der Waals surface area contributed by atoms with Crippen molar-refractivity contribution < 1.29 is 4.57 Å². The molecule has 0 aliphatic heterocycles. The third-order valence-electron chi connectivity index (χ3n) is 1.77. The number of nitrogens with zero attached hydrogens (tertiary/aromatic N) is 1. The average molecular weight is 153 g/mol. The minimum atomic E-state index is 0.211. The standard InChI is InChI=1S/C9H16N2/c1-7-6-11(5)8(10-7)9(2,3)4/h6H,1-5H3/p+1. The van der Waals surface area contributed by atoms with Crippen molar-refractivity contribution in [1.82, 2.24) is 4.98 Å². The van der Waals surface area contributed by atoms with E-state index in [1.165, 1.54) is 11.5 Å². The Balaban J connectivity index is 3.13. The maximum absolute atomic E-state index is 3.35. The summed E-state index contributed by atoms with van der Waals surface area (Å²) in [5.41, 5.74) is 1.43. The Morgan fingerprint density at radius 1 is 1.36 bits per heavy atom. The largest absolute Gasteiger partial charge is 0.259 e. The molecule has 11 heavy (non-hydrogen) atoms. The molecule has 1 aromatic heterocycles. The summed E-state index contributed by atoms with van der Waals surface area (Å²) in [7, 11) is 2.07. The minimum Gasteiger partial charge on any atom is -0.245 e. The number of aromatic amines is 1. The summed E-state index contributed by atoms with van der Waals surface area (Å²) in [5.74, 6) is 1.27. The van der Waals surface area contributed by atoms with Crippen LogP contribution in [0.3, 0.4) is 0 Å². The molecule has 1 N–H and O–H groups in total. The molecule has 0 unspecified atom stereocenters. The first-order valence-electron chi connectivity index (χ1n) is 3.97. The predicted octanol–water partition coefficient (Wildman–Crippen LogP) is 1.45. The van der Waals surface area contributed by atoms with E-state index in [2.05, 4.69) is 50.5 Å². The molecule has 62 valence electrons. The van der Waals surface area contributed by atoms with Gasteiger partial charge in [-0.15, -0.1) is 0 Å². The van der Waals surface area contributed by atoms with Crippen molar-refractivity contribution in [2.45, 2.75) is 33.1 Å². The Kier molecular flexibility index (Phi) is 1.78. The summed E-state index contributed by atoms with van der Waals surface area (Å²) in [6.07, 6.45) is 2.11. The zero-order chi connectivity index (χ0) is 8.65. The van der Waals surface area contributed by atoms with E-state index >= 15 is 0 Å². The van der Waals surface area contributed by atoms with Gasteiger partial charge < -0.3 is 0 Å². The Morgan fingerprint density at radius 2 is 1.91 bits per heavy atom. The second-order valence-corrected chi connectivity index (χ2v) is 4.15. The van der Waals surface area contributed by atoms with Crippen LogP contribution in [0.1, 0.15) is 32.3 Å². The van der Waals surface area contributed by atoms with Crippen molar-refractivity contribution in [2.24, 2.45) is 7.05 Å². The van der Waals surface area contributed by atoms with Crippen molar-refractivity contribution in [3.05, 3.63) is 17.7 Å². The molecule has 0 amide bonds. The van der Waals surface area contributed by atoms with Crippen molar-refractivity contribution in [3.63, 3.8) is 0 Å². The first-order chi connectivity index (χ1) is 4.91. The number of rotatable bonds is 0. The molecule has 0 fully saturated rings. The predicted molar refractivity (Wildman–Crippen MR) is 45.4 cm³/mol. The summed E-state index contributed by atoms with van der Waals surface area (Å²) in [6, 6.07) is 0. The molecular formula is C9H17N2+. The monoisotopic (exact) mass is 153 g/mol. The lowest BCUT2D eigenvalue weighted by atomic mass is 9.96. The van der Waals surface area contributed by atoms with Crippen molar-refractivity contribution in [3.8, 4) is 0 Å². The van der Waals surface area contributed by atoms with Crippen LogP contribution in [0.25, 0.3) is 0 Å². The normalized spacial score (nSPS) is 12.1. The number of H-pyrrole nitrogens is 1. The van der Waals surface area contributed by atoms with Gasteiger partial charge in [-0.25, -0.2) is 9.55 Å². The highest BCUT2D eigenvalue weighted by Gasteiger charge is 2.25. The lowest BCUT2D eigenvalue weighted by molar-refractivity contribution is -0.681. The number of aryl methyl sites for hydroxylation is 2. The zero-order valence-corrected chi connectivity index (χ0v) is 8.02. The Labute approximate surface area is 68.3 Å². The van der Waals surface area contributed by atoms with Crippen molar-refractivity contribution in [1.29, 1.82) is 0 Å². The number of aromatic nitrogens is 2. The molecule has 0 aliphatic rings. The van der Waals surface area contributed by atoms with E-state index < -0.39 is 0 Å². The Bertz CT molecular complexity index is 253. The van der Waals surface area contributed by atoms with Gasteiger partial charge in [-0.05, 0) is 20.8 Å². The molecule has 0 radical (unpaired) electrons. The van der Waals surface area contributed by atoms with E-state index in [1.54, 1.807) is 0 Å². The second kappa shape index (κ2) is 2.36. The van der Waals surface area contributed by atoms with E-state index in [9.17, 15) is 0 Å². The molecule has 0 aliphatic carbocycles. The molecule has 2 nitrogen and oxygen atoms in total. The quantitative estimate of drug-likeness (QED) is 0.544. The molecule has 2 heteroatoms. The van der Waals surface area contributed by atoms with Crippen LogP contribution in [-0.4, -0.2) is 4.98 Å². The third kappa shape index (κ3) is 1.62. The lowest BCUT2D eigenvalue weighted by Gasteiger charge is -2.11. The number of nitrogens with one attached hydrogen (secondary N) is 1. The zero-order valence-electron chi connectivity index (χ0n) is 8.02. The fourth-order valence-electron chi connectivity index (χ4n) is 1.38. The van der Waals surface area contributed by atoms with Gasteiger partial charge in [0.2, 0.25) is 0 Å². The van der Waals surface area contributed by atoms with Gasteiger partial charge in [0.25, 0.3) is 5.82 Å². The smallest absolute Gasteiger partial charge is 0.245 e. The number of hydrogen-bond donors (Lipinski definition) is 1. The van der Waals surface area contributed by atoms with Gasteiger partial charge in [0.1, 0.15) is 11.9 Å². The van der Waals surface area contributed by atoms with E-state index in [0.717, 1.165) is 0 Å². The summed E-state index contributed by atoms with van der Waals surface area (Å²) >= 11 is 0. The average Bonchev–Trinajstić information content (AvgIpc) is 2.08. The summed E-state index contributed by atoms with van der Waals surface area (Å²) in [6.45, 7) is 8.70. The SMILES string of the molecule is Cc1c[n+](C)c(C(C)(C)C)[nH]1. The summed E-state index contributed by atoms with van der Waals surface area (Å²) in [4.78, 5) is 3.35. The highest BCUT2D eigenvalue weighted by atomic mass is 15.1. The van der Waals surface area contributed by atoms with Crippen LogP contribution in [0, 0.1) is 6.92 Å². The van der Waals surface area contributed by atoms with Crippen LogP contribution in [0.4, 0.5) is 0 Å². The molecule has 1 heterocycles. The molecule has 0 atom stereocenters. The van der Waals surface area contributed by atoms with Gasteiger partial charge in [-0.1, -0.05) is 0 Å². The van der Waals surface area contributed by atoms with Gasteiger partial charge in [0, 0.05) is 6.92 Å². The lowest BCUT2D eigenvalue weighted by Crippen LogP contribution is -2.37. The number of hydrogen-bond acceptors (Lipinski definition) is 0. The molecule has 0 aromatic carbocycles. The first-order valence-corrected chi connectivity index (χ1v) is 3.97. The molecule has 1 rings (SSSR count). The van der Waals surface area contributed by atoms with Crippen LogP contribution in [0.2, 0.25) is 0 Å². The summed E-state index contributed by atoms with van der Waals surface area (Å²) < 4.78 is 2.15. The highest BCUT2D eigenvalue weighted by Crippen LogP contribution is 2.16. The highest BCUT2D eigenvalue weighted by molar-refractivity contribution is 4.99. The molecular weight excluding hydrogens is 136 g/mol. The minimum absolute atomic E-state index is 0.211. The van der Waals surface area contributed by atoms with Gasteiger partial charge in [0.15, 0.2) is 0 Å². The summed E-state index contributed by atoms with van der Waals surface area (Å²) in [5, 5.41) is 0. The van der Waals surface area contributed by atoms with Crippen LogP contribution >= 0.6 is 0 Å². The fourth-order valence-corrected chi connectivity index (χ4v) is 1.38. The van der Waals surface area contributed by atoms with E-state index in [-0.39, 0.29) is 5.41 Å². The molecule has 0 saturated carbocycles. The van der Waals surface area contributed by atoms with Gasteiger partial charge in [-0.2, -0.15) is 0 Å². The topological polar surface area (TPSA) is 19.7 Å². The van der Waals surface area contributed by atoms with E-state index in [1.807, 2.05) is 0 Å². The van der Waals surface area contributed by atoms with Crippen molar-refractivity contribution >= 4 is 0 Å². The number of imidazole rings is 1. The Hall–Kier alpha value is -0.790. The van der Waals surface area contributed by atoms with E-state index in [4.69, 9.17) is 0 Å². The molecule has 1 aromatic rings. The maximum Gasteiger partial charge on any atom is 0.259 e. The van der Waals surface area contributed by atoms with Crippen LogP contribution < -0.4 is 4.57 Å². The Morgan fingerprint density at radius 3 is 2.09 bits per heavy atom. The fraction of sp³-hybridized carbons (Fsp3) is 0.667. The maximum atomic E-state index is 3.35. The van der Waals surface area contributed by atoms with Crippen molar-refractivity contribution in [2.75, 3.05) is 0 Å². The first kappa shape index (κ1) is 8.31. The molecule has 0 bridgehead atoms. The van der Waals surface area contributed by atoms with E-state index in [0.29, 0.717) is 0 Å². The third-order valence-corrected chi connectivity index (χ3v) is 1.77. The van der Waals surface area contributed by atoms with Crippen LogP contribution in [0.5, 0.6) is 0 Å². The van der Waals surface area contributed by atoms with Gasteiger partial charge >= 0.3 is 0 Å².